The van der Waals surface area contributed by atoms with Gasteiger partial charge in [-0.25, -0.2) is 0 Å². The van der Waals surface area contributed by atoms with E-state index in [1.165, 1.54) is 19.3 Å². The van der Waals surface area contributed by atoms with Crippen molar-refractivity contribution < 1.29 is 14.3 Å². The summed E-state index contributed by atoms with van der Waals surface area (Å²) >= 11 is 0. The second-order valence-corrected chi connectivity index (χ2v) is 6.51. The molecule has 0 aromatic heterocycles. The monoisotopic (exact) mass is 293 g/mol. The van der Waals surface area contributed by atoms with E-state index in [0.717, 1.165) is 32.2 Å². The standard InChI is InChI=1S/C17H27NO3/c1-2-11-20-15-9-8-14-16(15)21-12-10-18(14)17(19)13-6-4-3-5-7-13/h2,13-16H,1,3-12H2/t14-,15-,16+/m0/s1. The van der Waals surface area contributed by atoms with Crippen LogP contribution in [0.3, 0.4) is 0 Å². The second kappa shape index (κ2) is 6.93. The smallest absolute Gasteiger partial charge is 0.226 e. The molecule has 0 aromatic carbocycles. The molecule has 3 rings (SSSR count). The van der Waals surface area contributed by atoms with Crippen molar-refractivity contribution in [3.63, 3.8) is 0 Å². The lowest BCUT2D eigenvalue weighted by Gasteiger charge is -2.41. The van der Waals surface area contributed by atoms with Gasteiger partial charge in [0.2, 0.25) is 5.91 Å². The average Bonchev–Trinajstić information content (AvgIpc) is 2.96. The lowest BCUT2D eigenvalue weighted by Crippen LogP contribution is -2.55. The highest BCUT2D eigenvalue weighted by Crippen LogP contribution is 2.34. The summed E-state index contributed by atoms with van der Waals surface area (Å²) < 4.78 is 11.7. The van der Waals surface area contributed by atoms with Crippen molar-refractivity contribution in [1.82, 2.24) is 4.90 Å². The molecule has 0 N–H and O–H groups in total. The molecule has 1 amide bonds. The van der Waals surface area contributed by atoms with Crippen LogP contribution in [0.4, 0.5) is 0 Å². The van der Waals surface area contributed by atoms with Crippen molar-refractivity contribution in [2.24, 2.45) is 5.92 Å². The molecule has 0 aromatic rings. The Morgan fingerprint density at radius 2 is 2.05 bits per heavy atom. The van der Waals surface area contributed by atoms with Crippen molar-refractivity contribution in [3.05, 3.63) is 12.7 Å². The Morgan fingerprint density at radius 3 is 2.81 bits per heavy atom. The number of ether oxygens (including phenoxy) is 2. The number of amides is 1. The number of hydrogen-bond donors (Lipinski definition) is 0. The van der Waals surface area contributed by atoms with Crippen LogP contribution >= 0.6 is 0 Å². The minimum Gasteiger partial charge on any atom is -0.372 e. The lowest BCUT2D eigenvalue weighted by atomic mass is 9.87. The van der Waals surface area contributed by atoms with Crippen molar-refractivity contribution in [1.29, 1.82) is 0 Å². The maximum Gasteiger partial charge on any atom is 0.226 e. The SMILES string of the molecule is C=CCO[C@H]1CC[C@H]2[C@H]1OCCN2C(=O)C1CCCCC1. The highest BCUT2D eigenvalue weighted by molar-refractivity contribution is 5.79. The summed E-state index contributed by atoms with van der Waals surface area (Å²) in [5, 5.41) is 0. The van der Waals surface area contributed by atoms with Gasteiger partial charge in [-0.1, -0.05) is 25.3 Å². The fraction of sp³-hybridized carbons (Fsp3) is 0.824. The Morgan fingerprint density at radius 1 is 1.24 bits per heavy atom. The fourth-order valence-corrected chi connectivity index (χ4v) is 4.14. The molecule has 1 saturated heterocycles. The third kappa shape index (κ3) is 3.16. The molecule has 118 valence electrons. The third-order valence-electron chi connectivity index (χ3n) is 5.20. The zero-order chi connectivity index (χ0) is 14.7. The van der Waals surface area contributed by atoms with Gasteiger partial charge >= 0.3 is 0 Å². The molecular formula is C17H27NO3. The van der Waals surface area contributed by atoms with E-state index in [0.29, 0.717) is 19.1 Å². The van der Waals surface area contributed by atoms with Gasteiger partial charge in [-0.3, -0.25) is 4.79 Å². The van der Waals surface area contributed by atoms with Gasteiger partial charge in [0.05, 0.1) is 25.4 Å². The van der Waals surface area contributed by atoms with Crippen molar-refractivity contribution in [2.45, 2.75) is 63.2 Å². The number of nitrogens with zero attached hydrogens (tertiary/aromatic N) is 1. The maximum absolute atomic E-state index is 12.8. The Kier molecular flexibility index (Phi) is 4.96. The minimum atomic E-state index is 0.0613. The molecule has 21 heavy (non-hydrogen) atoms. The first-order chi connectivity index (χ1) is 10.3. The van der Waals surface area contributed by atoms with E-state index in [2.05, 4.69) is 11.5 Å². The van der Waals surface area contributed by atoms with Gasteiger partial charge in [0.15, 0.2) is 0 Å². The van der Waals surface area contributed by atoms with Gasteiger partial charge in [0, 0.05) is 12.5 Å². The highest BCUT2D eigenvalue weighted by Gasteiger charge is 2.45. The average molecular weight is 293 g/mol. The Balaban J connectivity index is 1.63. The minimum absolute atomic E-state index is 0.0613. The summed E-state index contributed by atoms with van der Waals surface area (Å²) in [7, 11) is 0. The number of carbonyl (C=O) groups is 1. The van der Waals surface area contributed by atoms with Crippen LogP contribution in [0.2, 0.25) is 0 Å². The van der Waals surface area contributed by atoms with E-state index < -0.39 is 0 Å². The second-order valence-electron chi connectivity index (χ2n) is 6.51. The third-order valence-corrected chi connectivity index (χ3v) is 5.20. The summed E-state index contributed by atoms with van der Waals surface area (Å²) in [5.74, 6) is 0.628. The summed E-state index contributed by atoms with van der Waals surface area (Å²) in [4.78, 5) is 14.9. The van der Waals surface area contributed by atoms with Crippen molar-refractivity contribution in [2.75, 3.05) is 19.8 Å². The van der Waals surface area contributed by atoms with Gasteiger partial charge in [-0.2, -0.15) is 0 Å². The van der Waals surface area contributed by atoms with E-state index in [1.807, 2.05) is 0 Å². The topological polar surface area (TPSA) is 38.8 Å². The van der Waals surface area contributed by atoms with E-state index >= 15 is 0 Å². The molecule has 3 fully saturated rings. The summed E-state index contributed by atoms with van der Waals surface area (Å²) in [6.45, 7) is 5.66. The fourth-order valence-electron chi connectivity index (χ4n) is 4.14. The summed E-state index contributed by atoms with van der Waals surface area (Å²) in [6.07, 6.45) is 9.80. The first kappa shape index (κ1) is 15.0. The zero-order valence-electron chi connectivity index (χ0n) is 12.8. The molecule has 4 nitrogen and oxygen atoms in total. The Bertz CT molecular complexity index is 378. The first-order valence-corrected chi connectivity index (χ1v) is 8.46. The maximum atomic E-state index is 12.8. The van der Waals surface area contributed by atoms with Crippen LogP contribution in [0.15, 0.2) is 12.7 Å². The number of rotatable bonds is 4. The molecular weight excluding hydrogens is 266 g/mol. The van der Waals surface area contributed by atoms with Crippen LogP contribution in [0, 0.1) is 5.92 Å². The molecule has 2 saturated carbocycles. The largest absolute Gasteiger partial charge is 0.372 e. The van der Waals surface area contributed by atoms with E-state index in [1.54, 1.807) is 6.08 Å². The number of hydrogen-bond acceptors (Lipinski definition) is 3. The van der Waals surface area contributed by atoms with E-state index in [9.17, 15) is 4.79 Å². The zero-order valence-corrected chi connectivity index (χ0v) is 12.8. The molecule has 0 bridgehead atoms. The van der Waals surface area contributed by atoms with E-state index in [4.69, 9.17) is 9.47 Å². The van der Waals surface area contributed by atoms with Crippen molar-refractivity contribution in [3.8, 4) is 0 Å². The van der Waals surface area contributed by atoms with Crippen LogP contribution in [0.5, 0.6) is 0 Å². The molecule has 0 unspecified atom stereocenters. The number of fused-ring (bicyclic) bond motifs is 1. The van der Waals surface area contributed by atoms with Crippen molar-refractivity contribution >= 4 is 5.91 Å². The molecule has 3 aliphatic rings. The highest BCUT2D eigenvalue weighted by atomic mass is 16.5. The molecule has 2 aliphatic carbocycles. The molecule has 1 aliphatic heterocycles. The molecule has 0 radical (unpaired) electrons. The van der Waals surface area contributed by atoms with Gasteiger partial charge < -0.3 is 14.4 Å². The van der Waals surface area contributed by atoms with Crippen LogP contribution in [0.25, 0.3) is 0 Å². The molecule has 4 heteroatoms. The normalized spacial score (nSPS) is 33.7. The molecule has 0 spiro atoms. The van der Waals surface area contributed by atoms with Crippen LogP contribution in [-0.2, 0) is 14.3 Å². The van der Waals surface area contributed by atoms with Crippen LogP contribution in [0.1, 0.15) is 44.9 Å². The van der Waals surface area contributed by atoms with Crippen LogP contribution in [-0.4, -0.2) is 48.8 Å². The van der Waals surface area contributed by atoms with E-state index in [-0.39, 0.29) is 24.2 Å². The molecule has 3 atom stereocenters. The van der Waals surface area contributed by atoms with Gasteiger partial charge in [-0.05, 0) is 25.7 Å². The van der Waals surface area contributed by atoms with Gasteiger partial charge in [0.1, 0.15) is 6.10 Å². The summed E-state index contributed by atoms with van der Waals surface area (Å²) in [6, 6.07) is 0.225. The Hall–Kier alpha value is -0.870. The van der Waals surface area contributed by atoms with Gasteiger partial charge in [0.25, 0.3) is 0 Å². The predicted molar refractivity (Wildman–Crippen MR) is 81.0 cm³/mol. The Labute approximate surface area is 127 Å². The summed E-state index contributed by atoms with van der Waals surface area (Å²) in [5.41, 5.74) is 0. The number of morpholine rings is 1. The number of carbonyl (C=O) groups excluding carboxylic acids is 1. The lowest BCUT2D eigenvalue weighted by molar-refractivity contribution is -0.155. The predicted octanol–water partition coefficient (Wildman–Crippen LogP) is 2.53. The molecule has 1 heterocycles. The van der Waals surface area contributed by atoms with Crippen LogP contribution < -0.4 is 0 Å². The quantitative estimate of drug-likeness (QED) is 0.748. The first-order valence-electron chi connectivity index (χ1n) is 8.46. The van der Waals surface area contributed by atoms with Gasteiger partial charge in [-0.15, -0.1) is 6.58 Å².